The smallest absolute Gasteiger partial charge is 0.0783 e. The first-order valence-corrected chi connectivity index (χ1v) is 9.04. The van der Waals surface area contributed by atoms with Crippen molar-refractivity contribution in [3.05, 3.63) is 29.6 Å². The minimum Gasteiger partial charge on any atom is -0.374 e. The van der Waals surface area contributed by atoms with E-state index in [4.69, 9.17) is 10.6 Å². The number of rotatable bonds is 4. The minimum absolute atomic E-state index is 0.0993. The molecule has 1 aromatic heterocycles. The lowest BCUT2D eigenvalue weighted by molar-refractivity contribution is -0.0854. The van der Waals surface area contributed by atoms with Gasteiger partial charge in [0.25, 0.3) is 0 Å². The van der Waals surface area contributed by atoms with Gasteiger partial charge >= 0.3 is 0 Å². The van der Waals surface area contributed by atoms with Crippen molar-refractivity contribution < 1.29 is 4.74 Å². The number of hydrazine groups is 1. The first kappa shape index (κ1) is 15.3. The van der Waals surface area contributed by atoms with Crippen LogP contribution in [-0.2, 0) is 11.2 Å². The zero-order valence-electron chi connectivity index (χ0n) is 12.7. The molecule has 1 spiro atoms. The zero-order valence-corrected chi connectivity index (χ0v) is 13.5. The van der Waals surface area contributed by atoms with E-state index in [0.29, 0.717) is 5.92 Å². The number of pyridine rings is 1. The van der Waals surface area contributed by atoms with Crippen LogP contribution in [-0.4, -0.2) is 28.7 Å². The molecule has 0 amide bonds. The maximum Gasteiger partial charge on any atom is 0.0783 e. The number of thioether (sulfide) groups is 1. The summed E-state index contributed by atoms with van der Waals surface area (Å²) in [6.45, 7) is 3.03. The molecule has 2 aliphatic rings. The molecule has 2 aliphatic heterocycles. The van der Waals surface area contributed by atoms with Gasteiger partial charge in [-0.3, -0.25) is 16.3 Å². The summed E-state index contributed by atoms with van der Waals surface area (Å²) < 4.78 is 6.14. The summed E-state index contributed by atoms with van der Waals surface area (Å²) >= 11 is 2.02. The maximum atomic E-state index is 6.14. The molecular formula is C16H25N3OS. The van der Waals surface area contributed by atoms with Crippen molar-refractivity contribution in [3.8, 4) is 0 Å². The number of hydrogen-bond donors (Lipinski definition) is 2. The summed E-state index contributed by atoms with van der Waals surface area (Å²) in [6.07, 6.45) is 8.21. The van der Waals surface area contributed by atoms with Gasteiger partial charge in [-0.15, -0.1) is 0 Å². The lowest BCUT2D eigenvalue weighted by Crippen LogP contribution is -2.45. The Balaban J connectivity index is 1.82. The number of aryl methyl sites for hydroxylation is 1. The number of nitrogens with one attached hydrogen (secondary N) is 1. The Kier molecular flexibility index (Phi) is 4.84. The van der Waals surface area contributed by atoms with Crippen molar-refractivity contribution in [2.75, 3.05) is 18.1 Å². The Morgan fingerprint density at radius 2 is 2.52 bits per heavy atom. The van der Waals surface area contributed by atoms with Crippen LogP contribution in [0.5, 0.6) is 0 Å². The first-order chi connectivity index (χ1) is 10.3. The molecule has 3 rings (SSSR count). The van der Waals surface area contributed by atoms with E-state index in [1.165, 1.54) is 23.3 Å². The summed E-state index contributed by atoms with van der Waals surface area (Å²) in [5.74, 6) is 8.83. The molecule has 0 bridgehead atoms. The number of ether oxygens (including phenoxy) is 1. The lowest BCUT2D eigenvalue weighted by Gasteiger charge is -2.41. The maximum absolute atomic E-state index is 6.14. The average Bonchev–Trinajstić information content (AvgIpc) is 2.96. The number of nitrogens with two attached hydrogens (primary N) is 1. The zero-order chi connectivity index (χ0) is 14.7. The Bertz CT molecular complexity index is 476. The van der Waals surface area contributed by atoms with Gasteiger partial charge in [0.1, 0.15) is 0 Å². The standard InChI is InChI=1S/C16H25N3OS/c1-2-12-10-18-6-3-14(12)15(19-17)13-4-7-20-16(9-13)5-8-21-11-16/h3,6,10,13,15,19H,2,4-5,7-9,11,17H2,1H3. The van der Waals surface area contributed by atoms with Crippen LogP contribution in [0.1, 0.15) is 43.4 Å². The predicted molar refractivity (Wildman–Crippen MR) is 87.0 cm³/mol. The van der Waals surface area contributed by atoms with Crippen LogP contribution < -0.4 is 11.3 Å². The second-order valence-corrected chi connectivity index (χ2v) is 7.26. The Labute approximate surface area is 131 Å². The quantitative estimate of drug-likeness (QED) is 0.661. The molecule has 0 radical (unpaired) electrons. The van der Waals surface area contributed by atoms with Crippen LogP contribution in [0.25, 0.3) is 0 Å². The van der Waals surface area contributed by atoms with Crippen LogP contribution in [0.15, 0.2) is 18.5 Å². The first-order valence-electron chi connectivity index (χ1n) is 7.88. The van der Waals surface area contributed by atoms with Gasteiger partial charge in [0.05, 0.1) is 5.60 Å². The molecule has 0 aromatic carbocycles. The highest BCUT2D eigenvalue weighted by Gasteiger charge is 2.42. The van der Waals surface area contributed by atoms with Gasteiger partial charge in [-0.25, -0.2) is 0 Å². The van der Waals surface area contributed by atoms with Crippen molar-refractivity contribution in [2.45, 2.75) is 44.2 Å². The van der Waals surface area contributed by atoms with Crippen molar-refractivity contribution in [1.29, 1.82) is 0 Å². The Hall–Kier alpha value is -0.620. The van der Waals surface area contributed by atoms with E-state index in [0.717, 1.165) is 31.6 Å². The molecule has 0 aliphatic carbocycles. The van der Waals surface area contributed by atoms with Crippen molar-refractivity contribution in [1.82, 2.24) is 10.4 Å². The molecule has 2 fully saturated rings. The molecule has 2 saturated heterocycles. The lowest BCUT2D eigenvalue weighted by atomic mass is 9.78. The second-order valence-electron chi connectivity index (χ2n) is 6.16. The number of nitrogens with zero attached hydrogens (tertiary/aromatic N) is 1. The molecule has 4 nitrogen and oxygen atoms in total. The van der Waals surface area contributed by atoms with E-state index in [-0.39, 0.29) is 11.6 Å². The van der Waals surface area contributed by atoms with Gasteiger partial charge in [0.2, 0.25) is 0 Å². The molecule has 5 heteroatoms. The van der Waals surface area contributed by atoms with Crippen LogP contribution in [0, 0.1) is 5.92 Å². The van der Waals surface area contributed by atoms with E-state index >= 15 is 0 Å². The van der Waals surface area contributed by atoms with E-state index in [1.54, 1.807) is 0 Å². The molecule has 3 heterocycles. The predicted octanol–water partition coefficient (Wildman–Crippen LogP) is 2.45. The minimum atomic E-state index is 0.0993. The molecule has 21 heavy (non-hydrogen) atoms. The molecule has 3 atom stereocenters. The van der Waals surface area contributed by atoms with Crippen molar-refractivity contribution in [3.63, 3.8) is 0 Å². The van der Waals surface area contributed by atoms with Crippen LogP contribution >= 0.6 is 11.8 Å². The fraction of sp³-hybridized carbons (Fsp3) is 0.688. The summed E-state index contributed by atoms with van der Waals surface area (Å²) in [4.78, 5) is 4.25. The highest BCUT2D eigenvalue weighted by atomic mass is 32.2. The number of aromatic nitrogens is 1. The average molecular weight is 307 g/mol. The highest BCUT2D eigenvalue weighted by molar-refractivity contribution is 7.99. The van der Waals surface area contributed by atoms with E-state index < -0.39 is 0 Å². The van der Waals surface area contributed by atoms with Gasteiger partial charge < -0.3 is 4.74 Å². The third-order valence-corrected chi connectivity index (χ3v) is 6.13. The molecule has 0 saturated carbocycles. The Morgan fingerprint density at radius 3 is 3.24 bits per heavy atom. The van der Waals surface area contributed by atoms with Gasteiger partial charge in [0, 0.05) is 30.8 Å². The molecule has 116 valence electrons. The molecule has 3 N–H and O–H groups in total. The molecular weight excluding hydrogens is 282 g/mol. The topological polar surface area (TPSA) is 60.2 Å². The van der Waals surface area contributed by atoms with Gasteiger partial charge in [0.15, 0.2) is 0 Å². The van der Waals surface area contributed by atoms with Crippen molar-refractivity contribution >= 4 is 11.8 Å². The van der Waals surface area contributed by atoms with Gasteiger partial charge in [-0.1, -0.05) is 6.92 Å². The highest BCUT2D eigenvalue weighted by Crippen LogP contribution is 2.44. The third kappa shape index (κ3) is 3.11. The summed E-state index contributed by atoms with van der Waals surface area (Å²) in [6, 6.07) is 2.32. The SMILES string of the molecule is CCc1cnccc1C(NN)C1CCOC2(CCSC2)C1. The summed E-state index contributed by atoms with van der Waals surface area (Å²) in [5, 5.41) is 0. The van der Waals surface area contributed by atoms with Crippen LogP contribution in [0.3, 0.4) is 0 Å². The van der Waals surface area contributed by atoms with E-state index in [9.17, 15) is 0 Å². The fourth-order valence-corrected chi connectivity index (χ4v) is 5.11. The Morgan fingerprint density at radius 1 is 1.62 bits per heavy atom. The van der Waals surface area contributed by atoms with E-state index in [1.807, 2.05) is 24.2 Å². The third-order valence-electron chi connectivity index (χ3n) is 4.91. The fourth-order valence-electron chi connectivity index (χ4n) is 3.73. The van der Waals surface area contributed by atoms with Gasteiger partial charge in [-0.2, -0.15) is 11.8 Å². The summed E-state index contributed by atoms with van der Waals surface area (Å²) in [5.41, 5.74) is 5.78. The molecule has 1 aromatic rings. The number of hydrogen-bond acceptors (Lipinski definition) is 5. The second kappa shape index (κ2) is 6.65. The van der Waals surface area contributed by atoms with Crippen LogP contribution in [0.4, 0.5) is 0 Å². The van der Waals surface area contributed by atoms with Crippen LogP contribution in [0.2, 0.25) is 0 Å². The monoisotopic (exact) mass is 307 g/mol. The van der Waals surface area contributed by atoms with E-state index in [2.05, 4.69) is 23.4 Å². The molecule has 3 unspecified atom stereocenters. The largest absolute Gasteiger partial charge is 0.374 e. The summed E-state index contributed by atoms with van der Waals surface area (Å²) in [7, 11) is 0. The van der Waals surface area contributed by atoms with Crippen molar-refractivity contribution in [2.24, 2.45) is 11.8 Å². The normalized spacial score (nSPS) is 30.7. The van der Waals surface area contributed by atoms with Gasteiger partial charge in [-0.05, 0) is 54.5 Å².